The molecule has 28 heavy (non-hydrogen) atoms. The molecule has 1 saturated heterocycles. The average Bonchev–Trinajstić information content (AvgIpc) is 3.20. The number of carbonyl (C=O) groups is 3. The lowest BCUT2D eigenvalue weighted by molar-refractivity contribution is -0.140. The molecule has 0 atom stereocenters. The first kappa shape index (κ1) is 18.5. The number of hydrogen-bond acceptors (Lipinski definition) is 4. The van der Waals surface area contributed by atoms with E-state index in [9.17, 15) is 14.4 Å². The molecule has 0 aliphatic carbocycles. The highest BCUT2D eigenvalue weighted by molar-refractivity contribution is 9.10. The van der Waals surface area contributed by atoms with Crippen molar-refractivity contribution in [3.8, 4) is 5.75 Å². The molecular weight excluding hydrogens is 426 g/mol. The fourth-order valence-corrected chi connectivity index (χ4v) is 3.63. The van der Waals surface area contributed by atoms with Gasteiger partial charge in [-0.2, -0.15) is 0 Å². The Morgan fingerprint density at radius 3 is 2.50 bits per heavy atom. The van der Waals surface area contributed by atoms with Crippen LogP contribution in [0.25, 0.3) is 0 Å². The number of anilines is 1. The minimum atomic E-state index is -0.298. The first-order valence-electron chi connectivity index (χ1n) is 8.94. The second kappa shape index (κ2) is 7.63. The summed E-state index contributed by atoms with van der Waals surface area (Å²) in [4.78, 5) is 39.5. The molecule has 3 amide bonds. The highest BCUT2D eigenvalue weighted by Crippen LogP contribution is 2.31. The molecule has 8 heteroatoms. The zero-order valence-electron chi connectivity index (χ0n) is 15.0. The second-order valence-electron chi connectivity index (χ2n) is 6.54. The molecule has 0 spiro atoms. The van der Waals surface area contributed by atoms with Gasteiger partial charge in [-0.05, 0) is 42.8 Å². The lowest BCUT2D eigenvalue weighted by Gasteiger charge is -2.32. The predicted molar refractivity (Wildman–Crippen MR) is 106 cm³/mol. The Kier molecular flexibility index (Phi) is 5.04. The maximum absolute atomic E-state index is 13.0. The van der Waals surface area contributed by atoms with Gasteiger partial charge in [0.15, 0.2) is 6.61 Å². The fraction of sp³-hybridized carbons (Fsp3) is 0.250. The van der Waals surface area contributed by atoms with Crippen molar-refractivity contribution in [3.63, 3.8) is 0 Å². The van der Waals surface area contributed by atoms with Crippen molar-refractivity contribution in [1.82, 2.24) is 10.0 Å². The maximum Gasteiger partial charge on any atom is 0.272 e. The standard InChI is InChI=1S/C20H18BrN3O4/c21-15-8-6-14(7-9-15)20(27)24-11-3-10-23(24)18(25)12-22-16-4-1-2-5-17(16)28-13-19(22)26/h1-2,4-9H,3,10-13H2. The highest BCUT2D eigenvalue weighted by Gasteiger charge is 2.34. The second-order valence-corrected chi connectivity index (χ2v) is 7.46. The molecule has 0 bridgehead atoms. The minimum Gasteiger partial charge on any atom is -0.482 e. The lowest BCUT2D eigenvalue weighted by atomic mass is 10.2. The van der Waals surface area contributed by atoms with Crippen LogP contribution in [-0.2, 0) is 9.59 Å². The van der Waals surface area contributed by atoms with E-state index in [4.69, 9.17) is 4.74 Å². The quantitative estimate of drug-likeness (QED) is 0.730. The van der Waals surface area contributed by atoms with Crippen LogP contribution in [0.15, 0.2) is 53.0 Å². The molecule has 0 aromatic heterocycles. The van der Waals surface area contributed by atoms with Crippen LogP contribution in [-0.4, -0.2) is 54.0 Å². The summed E-state index contributed by atoms with van der Waals surface area (Å²) in [7, 11) is 0. The van der Waals surface area contributed by atoms with Crippen molar-refractivity contribution < 1.29 is 19.1 Å². The van der Waals surface area contributed by atoms with E-state index in [0.717, 1.165) is 4.47 Å². The zero-order chi connectivity index (χ0) is 19.7. The number of hydrazine groups is 1. The summed E-state index contributed by atoms with van der Waals surface area (Å²) in [6, 6.07) is 14.1. The van der Waals surface area contributed by atoms with Crippen molar-refractivity contribution in [2.75, 3.05) is 31.1 Å². The topological polar surface area (TPSA) is 70.2 Å². The monoisotopic (exact) mass is 443 g/mol. The third-order valence-corrected chi connectivity index (χ3v) is 5.28. The van der Waals surface area contributed by atoms with Crippen LogP contribution in [0, 0.1) is 0 Å². The van der Waals surface area contributed by atoms with Gasteiger partial charge in [0.1, 0.15) is 12.3 Å². The van der Waals surface area contributed by atoms with Crippen LogP contribution < -0.4 is 9.64 Å². The molecular formula is C20H18BrN3O4. The molecule has 7 nitrogen and oxygen atoms in total. The Morgan fingerprint density at radius 1 is 1.00 bits per heavy atom. The van der Waals surface area contributed by atoms with E-state index < -0.39 is 0 Å². The summed E-state index contributed by atoms with van der Waals surface area (Å²) in [5, 5.41) is 2.90. The fourth-order valence-electron chi connectivity index (χ4n) is 3.37. The van der Waals surface area contributed by atoms with Gasteiger partial charge in [-0.1, -0.05) is 28.1 Å². The molecule has 144 valence electrons. The van der Waals surface area contributed by atoms with Crippen LogP contribution in [0.1, 0.15) is 16.8 Å². The number of fused-ring (bicyclic) bond motifs is 1. The lowest BCUT2D eigenvalue weighted by Crippen LogP contribution is -2.51. The van der Waals surface area contributed by atoms with E-state index in [0.29, 0.717) is 36.5 Å². The van der Waals surface area contributed by atoms with E-state index in [1.54, 1.807) is 42.5 Å². The third kappa shape index (κ3) is 3.47. The highest BCUT2D eigenvalue weighted by atomic mass is 79.9. The SMILES string of the molecule is O=C1COc2ccccc2N1CC(=O)N1CCCN1C(=O)c1ccc(Br)cc1. The molecule has 4 rings (SSSR count). The minimum absolute atomic E-state index is 0.105. The molecule has 0 unspecified atom stereocenters. The third-order valence-electron chi connectivity index (χ3n) is 4.75. The predicted octanol–water partition coefficient (Wildman–Crippen LogP) is 2.46. The number of benzene rings is 2. The van der Waals surface area contributed by atoms with Crippen molar-refractivity contribution in [1.29, 1.82) is 0 Å². The Labute approximate surface area is 170 Å². The number of ether oxygens (including phenoxy) is 1. The van der Waals surface area contributed by atoms with Crippen molar-refractivity contribution >= 4 is 39.3 Å². The van der Waals surface area contributed by atoms with Crippen molar-refractivity contribution in [2.24, 2.45) is 0 Å². The van der Waals surface area contributed by atoms with E-state index in [1.807, 2.05) is 6.07 Å². The van der Waals surface area contributed by atoms with Gasteiger partial charge in [-0.3, -0.25) is 19.3 Å². The van der Waals surface area contributed by atoms with Gasteiger partial charge < -0.3 is 4.74 Å². The Bertz CT molecular complexity index is 931. The maximum atomic E-state index is 13.0. The molecule has 2 aromatic rings. The number of hydrogen-bond donors (Lipinski definition) is 0. The van der Waals surface area contributed by atoms with Gasteiger partial charge in [-0.15, -0.1) is 0 Å². The molecule has 2 aliphatic rings. The van der Waals surface area contributed by atoms with E-state index in [2.05, 4.69) is 15.9 Å². The first-order valence-corrected chi connectivity index (χ1v) is 9.74. The van der Waals surface area contributed by atoms with E-state index in [1.165, 1.54) is 14.9 Å². The summed E-state index contributed by atoms with van der Waals surface area (Å²) in [5.41, 5.74) is 1.08. The number of halogens is 1. The summed E-state index contributed by atoms with van der Waals surface area (Å²) in [5.74, 6) is -0.240. The zero-order valence-corrected chi connectivity index (χ0v) is 16.6. The molecule has 0 radical (unpaired) electrons. The van der Waals surface area contributed by atoms with Gasteiger partial charge in [0.2, 0.25) is 0 Å². The van der Waals surface area contributed by atoms with E-state index >= 15 is 0 Å². The molecule has 0 saturated carbocycles. The van der Waals surface area contributed by atoms with Crippen LogP contribution >= 0.6 is 15.9 Å². The summed E-state index contributed by atoms with van der Waals surface area (Å²) in [6.07, 6.45) is 0.696. The van der Waals surface area contributed by atoms with Gasteiger partial charge in [-0.25, -0.2) is 10.0 Å². The first-order chi connectivity index (χ1) is 13.5. The number of nitrogens with zero attached hydrogens (tertiary/aromatic N) is 3. The van der Waals surface area contributed by atoms with Gasteiger partial charge >= 0.3 is 0 Å². The van der Waals surface area contributed by atoms with Crippen LogP contribution in [0.4, 0.5) is 5.69 Å². The Hall–Kier alpha value is -2.87. The van der Waals surface area contributed by atoms with Crippen LogP contribution in [0.3, 0.4) is 0 Å². The average molecular weight is 444 g/mol. The van der Waals surface area contributed by atoms with E-state index in [-0.39, 0.29) is 30.9 Å². The van der Waals surface area contributed by atoms with Gasteiger partial charge in [0.25, 0.3) is 17.7 Å². The van der Waals surface area contributed by atoms with Crippen LogP contribution in [0.2, 0.25) is 0 Å². The summed E-state index contributed by atoms with van der Waals surface area (Å²) >= 11 is 3.35. The molecule has 1 fully saturated rings. The molecule has 2 aliphatic heterocycles. The molecule has 2 aromatic carbocycles. The van der Waals surface area contributed by atoms with Crippen molar-refractivity contribution in [3.05, 3.63) is 58.6 Å². The number of carbonyl (C=O) groups excluding carboxylic acids is 3. The largest absolute Gasteiger partial charge is 0.482 e. The van der Waals surface area contributed by atoms with Gasteiger partial charge in [0.05, 0.1) is 5.69 Å². The van der Waals surface area contributed by atoms with Gasteiger partial charge in [0, 0.05) is 23.1 Å². The smallest absolute Gasteiger partial charge is 0.272 e. The Balaban J connectivity index is 1.52. The Morgan fingerprint density at radius 2 is 1.71 bits per heavy atom. The van der Waals surface area contributed by atoms with Crippen molar-refractivity contribution in [2.45, 2.75) is 6.42 Å². The normalized spacial score (nSPS) is 16.0. The molecule has 2 heterocycles. The summed E-state index contributed by atoms with van der Waals surface area (Å²) < 4.78 is 6.29. The number of amides is 3. The number of rotatable bonds is 3. The van der Waals surface area contributed by atoms with Crippen LogP contribution in [0.5, 0.6) is 5.75 Å². The summed E-state index contributed by atoms with van der Waals surface area (Å²) in [6.45, 7) is 0.671. The molecule has 0 N–H and O–H groups in total. The number of para-hydroxylation sites is 2.